The molecule has 4 nitrogen and oxygen atoms in total. The van der Waals surface area contributed by atoms with Gasteiger partial charge in [0.05, 0.1) is 18.2 Å². The Morgan fingerprint density at radius 2 is 1.92 bits per heavy atom. The molecular formula is C20H22ClNO3. The number of carboxylic acid groups (broad SMARTS) is 1. The second-order valence-electron chi connectivity index (χ2n) is 7.13. The number of halogens is 1. The third kappa shape index (κ3) is 3.45. The Balaban J connectivity index is 2.01. The smallest absolute Gasteiger partial charge is 0.405 e. The molecule has 2 N–H and O–H groups in total. The van der Waals surface area contributed by atoms with E-state index in [4.69, 9.17) is 16.3 Å². The van der Waals surface area contributed by atoms with Crippen molar-refractivity contribution >= 4 is 17.7 Å². The molecule has 1 aliphatic rings. The van der Waals surface area contributed by atoms with Crippen molar-refractivity contribution in [3.05, 3.63) is 52.5 Å². The molecule has 5 heteroatoms. The van der Waals surface area contributed by atoms with Gasteiger partial charge in [-0.3, -0.25) is 0 Å². The summed E-state index contributed by atoms with van der Waals surface area (Å²) in [6.45, 7) is 4.21. The van der Waals surface area contributed by atoms with Gasteiger partial charge < -0.3 is 15.2 Å². The average molecular weight is 360 g/mol. The highest BCUT2D eigenvalue weighted by atomic mass is 35.5. The molecule has 0 fully saturated rings. The second-order valence-corrected chi connectivity index (χ2v) is 7.54. The largest absolute Gasteiger partial charge is 0.495 e. The van der Waals surface area contributed by atoms with E-state index in [1.165, 1.54) is 5.56 Å². The van der Waals surface area contributed by atoms with Crippen molar-refractivity contribution in [2.45, 2.75) is 32.7 Å². The van der Waals surface area contributed by atoms with Crippen LogP contribution in [0.15, 0.2) is 36.4 Å². The number of hydrogen-bond acceptors (Lipinski definition) is 2. The van der Waals surface area contributed by atoms with Crippen LogP contribution in [0.5, 0.6) is 5.75 Å². The molecule has 0 heterocycles. The lowest BCUT2D eigenvalue weighted by Gasteiger charge is -2.40. The zero-order chi connectivity index (χ0) is 18.2. The van der Waals surface area contributed by atoms with E-state index in [1.807, 2.05) is 30.3 Å². The van der Waals surface area contributed by atoms with Crippen LogP contribution in [0.2, 0.25) is 5.02 Å². The Kier molecular flexibility index (Phi) is 4.65. The van der Waals surface area contributed by atoms with Gasteiger partial charge in [0.2, 0.25) is 0 Å². The number of aryl methyl sites for hydroxylation is 1. The number of amides is 1. The molecule has 132 valence electrons. The molecule has 0 spiro atoms. The van der Waals surface area contributed by atoms with Crippen molar-refractivity contribution < 1.29 is 14.6 Å². The summed E-state index contributed by atoms with van der Waals surface area (Å²) >= 11 is 6.11. The molecule has 3 rings (SSSR count). The lowest BCUT2D eigenvalue weighted by molar-refractivity contribution is 0.161. The lowest BCUT2D eigenvalue weighted by atomic mass is 9.70. The Bertz CT molecular complexity index is 817. The van der Waals surface area contributed by atoms with Crippen LogP contribution in [0.3, 0.4) is 0 Å². The summed E-state index contributed by atoms with van der Waals surface area (Å²) in [4.78, 5) is 11.2. The van der Waals surface area contributed by atoms with Crippen LogP contribution in [-0.4, -0.2) is 18.3 Å². The van der Waals surface area contributed by atoms with Crippen molar-refractivity contribution in [3.8, 4) is 16.9 Å². The van der Waals surface area contributed by atoms with E-state index in [9.17, 15) is 9.90 Å². The first-order chi connectivity index (χ1) is 11.8. The number of ether oxygens (including phenoxy) is 1. The van der Waals surface area contributed by atoms with E-state index in [1.54, 1.807) is 7.11 Å². The van der Waals surface area contributed by atoms with Crippen LogP contribution in [-0.2, 0) is 6.42 Å². The van der Waals surface area contributed by atoms with Crippen LogP contribution in [0.1, 0.15) is 37.4 Å². The Hall–Kier alpha value is -2.20. The van der Waals surface area contributed by atoms with Crippen molar-refractivity contribution in [1.82, 2.24) is 5.32 Å². The van der Waals surface area contributed by atoms with Crippen molar-refractivity contribution in [3.63, 3.8) is 0 Å². The molecule has 1 aliphatic carbocycles. The average Bonchev–Trinajstić information content (AvgIpc) is 2.57. The Morgan fingerprint density at radius 3 is 2.60 bits per heavy atom. The number of methoxy groups -OCH3 is 1. The maximum atomic E-state index is 11.2. The summed E-state index contributed by atoms with van der Waals surface area (Å²) in [5.74, 6) is 0.642. The molecule has 2 aromatic carbocycles. The van der Waals surface area contributed by atoms with Crippen LogP contribution < -0.4 is 10.1 Å². The number of hydrogen-bond donors (Lipinski definition) is 2. The Morgan fingerprint density at radius 1 is 1.24 bits per heavy atom. The highest BCUT2D eigenvalue weighted by molar-refractivity contribution is 6.32. The molecule has 0 saturated carbocycles. The molecule has 1 amide bonds. The van der Waals surface area contributed by atoms with E-state index in [-0.39, 0.29) is 11.5 Å². The first kappa shape index (κ1) is 17.6. The normalized spacial score (nSPS) is 18.3. The molecule has 0 bridgehead atoms. The quantitative estimate of drug-likeness (QED) is 0.782. The molecule has 1 atom stereocenters. The van der Waals surface area contributed by atoms with Crippen molar-refractivity contribution in [2.24, 2.45) is 5.41 Å². The number of fused-ring (bicyclic) bond motifs is 1. The van der Waals surface area contributed by atoms with Gasteiger partial charge in [-0.05, 0) is 52.6 Å². The summed E-state index contributed by atoms with van der Waals surface area (Å²) in [6, 6.07) is 11.7. The van der Waals surface area contributed by atoms with Gasteiger partial charge in [-0.2, -0.15) is 0 Å². The highest BCUT2D eigenvalue weighted by Gasteiger charge is 2.37. The van der Waals surface area contributed by atoms with Crippen molar-refractivity contribution in [2.75, 3.05) is 7.11 Å². The molecule has 0 aliphatic heterocycles. The van der Waals surface area contributed by atoms with Crippen molar-refractivity contribution in [1.29, 1.82) is 0 Å². The van der Waals surface area contributed by atoms with Gasteiger partial charge in [-0.25, -0.2) is 4.79 Å². The molecule has 0 radical (unpaired) electrons. The second kappa shape index (κ2) is 6.60. The first-order valence-electron chi connectivity index (χ1n) is 8.28. The zero-order valence-corrected chi connectivity index (χ0v) is 15.4. The third-order valence-electron chi connectivity index (χ3n) is 5.03. The molecule has 25 heavy (non-hydrogen) atoms. The van der Waals surface area contributed by atoms with E-state index in [0.717, 1.165) is 29.5 Å². The fraction of sp³-hybridized carbons (Fsp3) is 0.350. The number of nitrogens with one attached hydrogen (secondary N) is 1. The SMILES string of the molecule is COc1cc(-c2ccc3c(c2)CCC(C)(C)C3NC(=O)O)ccc1Cl. The van der Waals surface area contributed by atoms with Crippen LogP contribution in [0.4, 0.5) is 4.79 Å². The molecule has 0 aromatic heterocycles. The van der Waals surface area contributed by atoms with Gasteiger partial charge in [0.1, 0.15) is 5.75 Å². The fourth-order valence-electron chi connectivity index (χ4n) is 3.54. The number of rotatable bonds is 3. The number of carbonyl (C=O) groups is 1. The van der Waals surface area contributed by atoms with Gasteiger partial charge >= 0.3 is 6.09 Å². The van der Waals surface area contributed by atoms with Gasteiger partial charge in [0.15, 0.2) is 0 Å². The lowest BCUT2D eigenvalue weighted by Crippen LogP contribution is -2.40. The summed E-state index contributed by atoms with van der Waals surface area (Å²) in [5, 5.41) is 12.5. The minimum absolute atomic E-state index is 0.115. The maximum absolute atomic E-state index is 11.2. The topological polar surface area (TPSA) is 58.6 Å². The minimum Gasteiger partial charge on any atom is -0.495 e. The van der Waals surface area contributed by atoms with Crippen LogP contribution >= 0.6 is 11.6 Å². The number of benzene rings is 2. The predicted molar refractivity (Wildman–Crippen MR) is 99.4 cm³/mol. The van der Waals surface area contributed by atoms with E-state index in [0.29, 0.717) is 10.8 Å². The summed E-state index contributed by atoms with van der Waals surface area (Å²) < 4.78 is 5.30. The predicted octanol–water partition coefficient (Wildman–Crippen LogP) is 5.30. The third-order valence-corrected chi connectivity index (χ3v) is 5.34. The fourth-order valence-corrected chi connectivity index (χ4v) is 3.74. The molecule has 2 aromatic rings. The molecule has 1 unspecified atom stereocenters. The Labute approximate surface area is 152 Å². The summed E-state index contributed by atoms with van der Waals surface area (Å²) in [6.07, 6.45) is 0.870. The van der Waals surface area contributed by atoms with Gasteiger partial charge in [0, 0.05) is 0 Å². The molecular weight excluding hydrogens is 338 g/mol. The van der Waals surface area contributed by atoms with Crippen LogP contribution in [0.25, 0.3) is 11.1 Å². The van der Waals surface area contributed by atoms with E-state index >= 15 is 0 Å². The molecule has 0 saturated heterocycles. The first-order valence-corrected chi connectivity index (χ1v) is 8.66. The van der Waals surface area contributed by atoms with E-state index < -0.39 is 6.09 Å². The minimum atomic E-state index is -0.988. The van der Waals surface area contributed by atoms with Gasteiger partial charge in [-0.15, -0.1) is 0 Å². The summed E-state index contributed by atoms with van der Waals surface area (Å²) in [7, 11) is 1.60. The monoisotopic (exact) mass is 359 g/mol. The maximum Gasteiger partial charge on any atom is 0.405 e. The van der Waals surface area contributed by atoms with Gasteiger partial charge in [0.25, 0.3) is 0 Å². The van der Waals surface area contributed by atoms with Crippen LogP contribution in [0, 0.1) is 5.41 Å². The van der Waals surface area contributed by atoms with Gasteiger partial charge in [-0.1, -0.05) is 49.7 Å². The summed E-state index contributed by atoms with van der Waals surface area (Å²) in [5.41, 5.74) is 4.23. The standard InChI is InChI=1S/C20H22ClNO3/c1-20(2)9-8-14-10-12(4-6-15(14)18(20)22-19(23)24)13-5-7-16(21)17(11-13)25-3/h4-7,10-11,18,22H,8-9H2,1-3H3,(H,23,24). The van der Waals surface area contributed by atoms with E-state index in [2.05, 4.69) is 25.2 Å². The highest BCUT2D eigenvalue weighted by Crippen LogP contribution is 2.44. The zero-order valence-electron chi connectivity index (χ0n) is 14.6.